The number of hydrogen-bond acceptors (Lipinski definition) is 4. The van der Waals surface area contributed by atoms with Crippen LogP contribution in [0.5, 0.6) is 0 Å². The van der Waals surface area contributed by atoms with Gasteiger partial charge < -0.3 is 20.0 Å². The van der Waals surface area contributed by atoms with Gasteiger partial charge in [-0.15, -0.1) is 24.0 Å². The van der Waals surface area contributed by atoms with Gasteiger partial charge in [-0.05, 0) is 45.2 Å². The van der Waals surface area contributed by atoms with Gasteiger partial charge in [0.15, 0.2) is 5.96 Å². The summed E-state index contributed by atoms with van der Waals surface area (Å²) in [6.45, 7) is 9.11. The lowest BCUT2D eigenvalue weighted by molar-refractivity contribution is -0.129. The van der Waals surface area contributed by atoms with E-state index in [1.54, 1.807) is 6.26 Å². The van der Waals surface area contributed by atoms with Crippen LogP contribution in [0.4, 0.5) is 0 Å². The number of aliphatic imine (C=N–C) groups is 1. The molecule has 31 heavy (non-hydrogen) atoms. The molecule has 2 heterocycles. The number of aryl methyl sites for hydroxylation is 1. The summed E-state index contributed by atoms with van der Waals surface area (Å²) in [4.78, 5) is 23.2. The standard InChI is InChI=1S/C23H33N5O2.HI/c1-4-20(28-14-6-7-21(28)29)12-13-25-23(24-5-2)26-15-19-16-30-22(27-19)18-10-8-17(3)9-11-18;/h8-11,16,20H,4-7,12-15H2,1-3H3,(H2,24,25,26);1H. The minimum Gasteiger partial charge on any atom is -0.444 e. The number of benzene rings is 1. The van der Waals surface area contributed by atoms with E-state index in [1.165, 1.54) is 5.56 Å². The summed E-state index contributed by atoms with van der Waals surface area (Å²) < 4.78 is 5.62. The Morgan fingerprint density at radius 2 is 2.03 bits per heavy atom. The van der Waals surface area contributed by atoms with Crippen molar-refractivity contribution >= 4 is 35.8 Å². The second kappa shape index (κ2) is 12.7. The molecule has 1 aromatic carbocycles. The molecule has 1 fully saturated rings. The molecule has 170 valence electrons. The fourth-order valence-corrected chi connectivity index (χ4v) is 3.70. The van der Waals surface area contributed by atoms with Gasteiger partial charge in [-0.3, -0.25) is 4.79 Å². The SMILES string of the molecule is CCNC(=NCc1coc(-c2ccc(C)cc2)n1)NCCC(CC)N1CCCC1=O.I. The molecule has 0 radical (unpaired) electrons. The first kappa shape index (κ1) is 25.2. The number of halogens is 1. The van der Waals surface area contributed by atoms with E-state index in [1.807, 2.05) is 36.1 Å². The van der Waals surface area contributed by atoms with Crippen molar-refractivity contribution in [3.8, 4) is 11.5 Å². The van der Waals surface area contributed by atoms with Crippen LogP contribution in [0.2, 0.25) is 0 Å². The average molecular weight is 539 g/mol. The van der Waals surface area contributed by atoms with Crippen molar-refractivity contribution in [3.63, 3.8) is 0 Å². The van der Waals surface area contributed by atoms with E-state index in [4.69, 9.17) is 4.42 Å². The molecule has 7 nitrogen and oxygen atoms in total. The first-order chi connectivity index (χ1) is 14.6. The molecule has 1 aliphatic rings. The van der Waals surface area contributed by atoms with Crippen LogP contribution in [0.1, 0.15) is 50.8 Å². The molecule has 1 aromatic heterocycles. The van der Waals surface area contributed by atoms with Crippen LogP contribution in [-0.2, 0) is 11.3 Å². The number of guanidine groups is 1. The number of aromatic nitrogens is 1. The molecule has 1 atom stereocenters. The van der Waals surface area contributed by atoms with Crippen LogP contribution < -0.4 is 10.6 Å². The van der Waals surface area contributed by atoms with Crippen molar-refractivity contribution in [1.29, 1.82) is 0 Å². The number of oxazole rings is 1. The predicted octanol–water partition coefficient (Wildman–Crippen LogP) is 4.11. The van der Waals surface area contributed by atoms with Crippen LogP contribution in [0, 0.1) is 6.92 Å². The molecular weight excluding hydrogens is 505 g/mol. The van der Waals surface area contributed by atoms with E-state index in [2.05, 4.69) is 34.5 Å². The smallest absolute Gasteiger partial charge is 0.226 e. The van der Waals surface area contributed by atoms with Crippen molar-refractivity contribution in [3.05, 3.63) is 41.8 Å². The van der Waals surface area contributed by atoms with Crippen molar-refractivity contribution in [2.75, 3.05) is 19.6 Å². The molecular formula is C23H34IN5O2. The number of amides is 1. The highest BCUT2D eigenvalue weighted by Crippen LogP contribution is 2.19. The fourth-order valence-electron chi connectivity index (χ4n) is 3.70. The molecule has 0 spiro atoms. The van der Waals surface area contributed by atoms with Crippen molar-refractivity contribution in [2.45, 2.75) is 59.0 Å². The number of likely N-dealkylation sites (tertiary alicyclic amines) is 1. The van der Waals surface area contributed by atoms with Crippen LogP contribution in [-0.4, -0.2) is 47.4 Å². The molecule has 1 saturated heterocycles. The molecule has 1 amide bonds. The molecule has 0 saturated carbocycles. The summed E-state index contributed by atoms with van der Waals surface area (Å²) in [5.41, 5.74) is 2.95. The van der Waals surface area contributed by atoms with Gasteiger partial charge in [0.05, 0.1) is 6.54 Å². The van der Waals surface area contributed by atoms with E-state index in [0.29, 0.717) is 24.9 Å². The highest BCUT2D eigenvalue weighted by atomic mass is 127. The Kier molecular flexibility index (Phi) is 10.3. The topological polar surface area (TPSA) is 82.8 Å². The lowest BCUT2D eigenvalue weighted by Gasteiger charge is -2.27. The zero-order chi connectivity index (χ0) is 21.3. The molecule has 0 bridgehead atoms. The quantitative estimate of drug-likeness (QED) is 0.285. The molecule has 2 aromatic rings. The summed E-state index contributed by atoms with van der Waals surface area (Å²) in [5.74, 6) is 1.65. The Labute approximate surface area is 202 Å². The first-order valence-electron chi connectivity index (χ1n) is 10.9. The van der Waals surface area contributed by atoms with Gasteiger partial charge >= 0.3 is 0 Å². The number of rotatable bonds is 9. The van der Waals surface area contributed by atoms with Crippen LogP contribution in [0.3, 0.4) is 0 Å². The third kappa shape index (κ3) is 7.22. The van der Waals surface area contributed by atoms with Crippen LogP contribution >= 0.6 is 24.0 Å². The third-order valence-electron chi connectivity index (χ3n) is 5.39. The molecule has 0 aliphatic carbocycles. The fraction of sp³-hybridized carbons (Fsp3) is 0.522. The highest BCUT2D eigenvalue weighted by molar-refractivity contribution is 14.0. The van der Waals surface area contributed by atoms with Gasteiger partial charge in [0, 0.05) is 37.7 Å². The summed E-state index contributed by atoms with van der Waals surface area (Å²) in [6, 6.07) is 8.40. The summed E-state index contributed by atoms with van der Waals surface area (Å²) >= 11 is 0. The monoisotopic (exact) mass is 539 g/mol. The highest BCUT2D eigenvalue weighted by Gasteiger charge is 2.26. The van der Waals surface area contributed by atoms with Gasteiger partial charge in [0.1, 0.15) is 12.0 Å². The van der Waals surface area contributed by atoms with E-state index < -0.39 is 0 Å². The summed E-state index contributed by atoms with van der Waals surface area (Å²) in [5, 5.41) is 6.65. The van der Waals surface area contributed by atoms with E-state index >= 15 is 0 Å². The third-order valence-corrected chi connectivity index (χ3v) is 5.39. The number of nitrogens with one attached hydrogen (secondary N) is 2. The van der Waals surface area contributed by atoms with Crippen molar-refractivity contribution in [1.82, 2.24) is 20.5 Å². The van der Waals surface area contributed by atoms with Gasteiger partial charge in [-0.25, -0.2) is 9.98 Å². The lowest BCUT2D eigenvalue weighted by Crippen LogP contribution is -2.42. The summed E-state index contributed by atoms with van der Waals surface area (Å²) in [6.07, 6.45) is 5.22. The lowest BCUT2D eigenvalue weighted by atomic mass is 10.1. The van der Waals surface area contributed by atoms with E-state index in [-0.39, 0.29) is 29.9 Å². The van der Waals surface area contributed by atoms with Crippen LogP contribution in [0.25, 0.3) is 11.5 Å². The Bertz CT molecular complexity index is 850. The Morgan fingerprint density at radius 1 is 1.26 bits per heavy atom. The predicted molar refractivity (Wildman–Crippen MR) is 135 cm³/mol. The number of carbonyl (C=O) groups excluding carboxylic acids is 1. The van der Waals surface area contributed by atoms with Gasteiger partial charge in [-0.1, -0.05) is 24.6 Å². The normalized spacial score (nSPS) is 15.0. The maximum absolute atomic E-state index is 12.0. The zero-order valence-electron chi connectivity index (χ0n) is 18.7. The Hall–Kier alpha value is -2.10. The largest absolute Gasteiger partial charge is 0.444 e. The number of nitrogens with zero attached hydrogens (tertiary/aromatic N) is 3. The Balaban J connectivity index is 0.00000341. The first-order valence-corrected chi connectivity index (χ1v) is 10.9. The second-order valence-corrected chi connectivity index (χ2v) is 7.67. The Morgan fingerprint density at radius 3 is 2.68 bits per heavy atom. The zero-order valence-corrected chi connectivity index (χ0v) is 21.0. The van der Waals surface area contributed by atoms with Gasteiger partial charge in [-0.2, -0.15) is 0 Å². The van der Waals surface area contributed by atoms with Crippen LogP contribution in [0.15, 0.2) is 39.9 Å². The second-order valence-electron chi connectivity index (χ2n) is 7.67. The summed E-state index contributed by atoms with van der Waals surface area (Å²) in [7, 11) is 0. The van der Waals surface area contributed by atoms with E-state index in [0.717, 1.165) is 56.1 Å². The molecule has 3 rings (SSSR count). The maximum atomic E-state index is 12.0. The number of hydrogen-bond donors (Lipinski definition) is 2. The molecule has 2 N–H and O–H groups in total. The minimum absolute atomic E-state index is 0. The van der Waals surface area contributed by atoms with Crippen molar-refractivity contribution < 1.29 is 9.21 Å². The van der Waals surface area contributed by atoms with Gasteiger partial charge in [0.25, 0.3) is 0 Å². The molecule has 1 aliphatic heterocycles. The van der Waals surface area contributed by atoms with Gasteiger partial charge in [0.2, 0.25) is 11.8 Å². The minimum atomic E-state index is 0. The van der Waals surface area contributed by atoms with E-state index in [9.17, 15) is 4.79 Å². The number of carbonyl (C=O) groups is 1. The average Bonchev–Trinajstić information content (AvgIpc) is 3.39. The molecule has 1 unspecified atom stereocenters. The van der Waals surface area contributed by atoms with Crippen molar-refractivity contribution in [2.24, 2.45) is 4.99 Å². The maximum Gasteiger partial charge on any atom is 0.226 e. The molecule has 8 heteroatoms.